The number of aromatic amines is 1. The van der Waals surface area contributed by atoms with Gasteiger partial charge in [0.2, 0.25) is 0 Å². The predicted molar refractivity (Wildman–Crippen MR) is 67.4 cm³/mol. The molecule has 0 aliphatic rings. The van der Waals surface area contributed by atoms with Gasteiger partial charge in [0.1, 0.15) is 5.82 Å². The van der Waals surface area contributed by atoms with Crippen molar-refractivity contribution >= 4 is 5.69 Å². The Hall–Kier alpha value is -1.77. The van der Waals surface area contributed by atoms with Crippen LogP contribution in [0.25, 0.3) is 11.4 Å². The minimum atomic E-state index is 0.812. The van der Waals surface area contributed by atoms with E-state index in [9.17, 15) is 0 Å². The van der Waals surface area contributed by atoms with Crippen molar-refractivity contribution in [2.75, 3.05) is 5.73 Å². The number of hydrogen-bond acceptors (Lipinski definition) is 2. The van der Waals surface area contributed by atoms with E-state index in [0.717, 1.165) is 34.0 Å². The molecule has 84 valence electrons. The number of aromatic nitrogens is 2. The average Bonchev–Trinajstić information content (AvgIpc) is 2.53. The number of nitrogens with two attached hydrogens (primary N) is 1. The summed E-state index contributed by atoms with van der Waals surface area (Å²) in [6, 6.07) is 4.08. The lowest BCUT2D eigenvalue weighted by Crippen LogP contribution is -1.94. The summed E-state index contributed by atoms with van der Waals surface area (Å²) in [6.45, 7) is 8.13. The summed E-state index contributed by atoms with van der Waals surface area (Å²) < 4.78 is 0. The molecule has 0 aliphatic heterocycles. The van der Waals surface area contributed by atoms with Crippen molar-refractivity contribution in [3.05, 3.63) is 34.6 Å². The third kappa shape index (κ3) is 1.69. The molecule has 1 aromatic carbocycles. The molecule has 1 heterocycles. The van der Waals surface area contributed by atoms with Gasteiger partial charge in [0.15, 0.2) is 0 Å². The Morgan fingerprint density at radius 2 is 1.75 bits per heavy atom. The van der Waals surface area contributed by atoms with Crippen molar-refractivity contribution in [2.24, 2.45) is 0 Å². The minimum Gasteiger partial charge on any atom is -0.398 e. The SMILES string of the molecule is Cc1cc(C)c(-c2nc(C)c(C)[nH]2)cc1N. The molecule has 2 aromatic rings. The zero-order chi connectivity index (χ0) is 11.9. The van der Waals surface area contributed by atoms with E-state index in [0.29, 0.717) is 0 Å². The second-order valence-electron chi connectivity index (χ2n) is 4.32. The van der Waals surface area contributed by atoms with E-state index < -0.39 is 0 Å². The zero-order valence-corrected chi connectivity index (χ0v) is 10.2. The van der Waals surface area contributed by atoms with Crippen molar-refractivity contribution in [3.8, 4) is 11.4 Å². The predicted octanol–water partition coefficient (Wildman–Crippen LogP) is 2.89. The summed E-state index contributed by atoms with van der Waals surface area (Å²) in [5, 5.41) is 0. The van der Waals surface area contributed by atoms with Crippen molar-refractivity contribution in [1.82, 2.24) is 9.97 Å². The lowest BCUT2D eigenvalue weighted by molar-refractivity contribution is 1.22. The lowest BCUT2D eigenvalue weighted by Gasteiger charge is -2.07. The van der Waals surface area contributed by atoms with Gasteiger partial charge >= 0.3 is 0 Å². The molecule has 3 N–H and O–H groups in total. The van der Waals surface area contributed by atoms with Crippen LogP contribution in [0, 0.1) is 27.7 Å². The van der Waals surface area contributed by atoms with Crippen LogP contribution in [0.1, 0.15) is 22.5 Å². The van der Waals surface area contributed by atoms with Crippen LogP contribution >= 0.6 is 0 Å². The van der Waals surface area contributed by atoms with Gasteiger partial charge in [-0.3, -0.25) is 0 Å². The van der Waals surface area contributed by atoms with Crippen molar-refractivity contribution in [1.29, 1.82) is 0 Å². The van der Waals surface area contributed by atoms with Crippen LogP contribution in [-0.4, -0.2) is 9.97 Å². The number of imidazole rings is 1. The molecule has 3 heteroatoms. The van der Waals surface area contributed by atoms with Crippen LogP contribution in [-0.2, 0) is 0 Å². The third-order valence-electron chi connectivity index (χ3n) is 3.00. The second kappa shape index (κ2) is 3.67. The monoisotopic (exact) mass is 215 g/mol. The van der Waals surface area contributed by atoms with Crippen LogP contribution in [0.4, 0.5) is 5.69 Å². The van der Waals surface area contributed by atoms with Crippen LogP contribution in [0.15, 0.2) is 12.1 Å². The summed E-state index contributed by atoms with van der Waals surface area (Å²) in [5.41, 5.74) is 12.3. The molecule has 0 saturated carbocycles. The van der Waals surface area contributed by atoms with Gasteiger partial charge in [-0.2, -0.15) is 0 Å². The molecule has 1 aromatic heterocycles. The first-order valence-electron chi connectivity index (χ1n) is 5.39. The fraction of sp³-hybridized carbons (Fsp3) is 0.308. The van der Waals surface area contributed by atoms with Gasteiger partial charge in [0, 0.05) is 16.9 Å². The van der Waals surface area contributed by atoms with Crippen molar-refractivity contribution in [3.63, 3.8) is 0 Å². The first-order chi connectivity index (χ1) is 7.49. The number of nitrogen functional groups attached to an aromatic ring is 1. The summed E-state index contributed by atoms with van der Waals surface area (Å²) >= 11 is 0. The molecule has 16 heavy (non-hydrogen) atoms. The molecular formula is C13H17N3. The third-order valence-corrected chi connectivity index (χ3v) is 3.00. The Bertz CT molecular complexity index is 519. The van der Waals surface area contributed by atoms with Crippen LogP contribution in [0.3, 0.4) is 0 Å². The average molecular weight is 215 g/mol. The Morgan fingerprint density at radius 1 is 1.06 bits per heavy atom. The summed E-state index contributed by atoms with van der Waals surface area (Å²) in [6.07, 6.45) is 0. The Balaban J connectivity index is 2.60. The minimum absolute atomic E-state index is 0.812. The molecular weight excluding hydrogens is 198 g/mol. The number of benzene rings is 1. The molecule has 0 saturated heterocycles. The van der Waals surface area contributed by atoms with Gasteiger partial charge < -0.3 is 10.7 Å². The fourth-order valence-electron chi connectivity index (χ4n) is 1.80. The van der Waals surface area contributed by atoms with E-state index >= 15 is 0 Å². The molecule has 3 nitrogen and oxygen atoms in total. The first-order valence-corrected chi connectivity index (χ1v) is 5.39. The number of nitrogens with one attached hydrogen (secondary N) is 1. The van der Waals surface area contributed by atoms with Crippen molar-refractivity contribution in [2.45, 2.75) is 27.7 Å². The van der Waals surface area contributed by atoms with Gasteiger partial charge in [-0.25, -0.2) is 4.98 Å². The van der Waals surface area contributed by atoms with Gasteiger partial charge in [-0.1, -0.05) is 6.07 Å². The Kier molecular flexibility index (Phi) is 2.46. The normalized spacial score (nSPS) is 10.8. The van der Waals surface area contributed by atoms with Gasteiger partial charge in [-0.05, 0) is 44.9 Å². The standard InChI is InChI=1S/C13H17N3/c1-7-5-8(2)12(14)6-11(7)13-15-9(3)10(4)16-13/h5-6H,14H2,1-4H3,(H,15,16). The van der Waals surface area contributed by atoms with E-state index in [1.165, 1.54) is 5.56 Å². The highest BCUT2D eigenvalue weighted by Gasteiger charge is 2.09. The van der Waals surface area contributed by atoms with Gasteiger partial charge in [-0.15, -0.1) is 0 Å². The molecule has 0 atom stereocenters. The molecule has 0 aliphatic carbocycles. The number of rotatable bonds is 1. The molecule has 0 fully saturated rings. The largest absolute Gasteiger partial charge is 0.398 e. The number of aryl methyl sites for hydroxylation is 4. The van der Waals surface area contributed by atoms with E-state index in [1.54, 1.807) is 0 Å². The van der Waals surface area contributed by atoms with E-state index in [2.05, 4.69) is 23.0 Å². The fourth-order valence-corrected chi connectivity index (χ4v) is 1.80. The van der Waals surface area contributed by atoms with Crippen molar-refractivity contribution < 1.29 is 0 Å². The smallest absolute Gasteiger partial charge is 0.138 e. The van der Waals surface area contributed by atoms with Gasteiger partial charge in [0.05, 0.1) is 5.69 Å². The topological polar surface area (TPSA) is 54.7 Å². The van der Waals surface area contributed by atoms with Gasteiger partial charge in [0.25, 0.3) is 0 Å². The Labute approximate surface area is 95.7 Å². The molecule has 0 unspecified atom stereocenters. The van der Waals surface area contributed by atoms with Crippen LogP contribution < -0.4 is 5.73 Å². The quantitative estimate of drug-likeness (QED) is 0.719. The molecule has 0 radical (unpaired) electrons. The lowest BCUT2D eigenvalue weighted by atomic mass is 10.0. The van der Waals surface area contributed by atoms with E-state index in [4.69, 9.17) is 5.73 Å². The summed E-state index contributed by atoms with van der Waals surface area (Å²) in [4.78, 5) is 7.78. The maximum absolute atomic E-state index is 5.93. The van der Waals surface area contributed by atoms with Crippen LogP contribution in [0.5, 0.6) is 0 Å². The zero-order valence-electron chi connectivity index (χ0n) is 10.2. The molecule has 0 spiro atoms. The molecule has 0 amide bonds. The molecule has 2 rings (SSSR count). The maximum atomic E-state index is 5.93. The Morgan fingerprint density at radius 3 is 2.31 bits per heavy atom. The molecule has 0 bridgehead atoms. The first kappa shape index (κ1) is 10.7. The van der Waals surface area contributed by atoms with E-state index in [1.807, 2.05) is 26.8 Å². The maximum Gasteiger partial charge on any atom is 0.138 e. The number of anilines is 1. The van der Waals surface area contributed by atoms with Crippen LogP contribution in [0.2, 0.25) is 0 Å². The number of nitrogens with zero attached hydrogens (tertiary/aromatic N) is 1. The highest BCUT2D eigenvalue weighted by molar-refractivity contribution is 5.68. The summed E-state index contributed by atoms with van der Waals surface area (Å²) in [5.74, 6) is 0.902. The van der Waals surface area contributed by atoms with E-state index in [-0.39, 0.29) is 0 Å². The second-order valence-corrected chi connectivity index (χ2v) is 4.32. The highest BCUT2D eigenvalue weighted by Crippen LogP contribution is 2.26. The summed E-state index contributed by atoms with van der Waals surface area (Å²) in [7, 11) is 0. The number of H-pyrrole nitrogens is 1. The number of hydrogen-bond donors (Lipinski definition) is 2. The highest BCUT2D eigenvalue weighted by atomic mass is 14.9.